The zero-order chi connectivity index (χ0) is 13.1. The van der Waals surface area contributed by atoms with Crippen LogP contribution in [-0.4, -0.2) is 32.6 Å². The minimum absolute atomic E-state index is 0.282. The summed E-state index contributed by atoms with van der Waals surface area (Å²) in [5, 5.41) is 8.93. The van der Waals surface area contributed by atoms with Gasteiger partial charge in [0.1, 0.15) is 0 Å². The monoisotopic (exact) mass is 264 g/mol. The molecule has 0 saturated carbocycles. The number of aromatic carboxylic acids is 1. The number of hydrogen-bond donors (Lipinski definition) is 1. The normalized spacial score (nSPS) is 12.8. The van der Waals surface area contributed by atoms with E-state index >= 15 is 0 Å². The van der Waals surface area contributed by atoms with Crippen LogP contribution in [0, 0.1) is 5.92 Å². The molecule has 0 spiro atoms. The van der Waals surface area contributed by atoms with Gasteiger partial charge >= 0.3 is 5.97 Å². The van der Waals surface area contributed by atoms with Gasteiger partial charge in [0.05, 0.1) is 22.9 Å². The minimum Gasteiger partial charge on any atom is -0.478 e. The van der Waals surface area contributed by atoms with Crippen molar-refractivity contribution in [3.05, 3.63) is 30.1 Å². The van der Waals surface area contributed by atoms with E-state index in [9.17, 15) is 4.79 Å². The highest BCUT2D eigenvalue weighted by Gasteiger charge is 2.09. The molecule has 1 atom stereocenters. The molecule has 0 aliphatic carbocycles. The van der Waals surface area contributed by atoms with E-state index in [0.29, 0.717) is 5.92 Å². The Bertz CT molecular complexity index is 565. The highest BCUT2D eigenvalue weighted by atomic mass is 32.2. The van der Waals surface area contributed by atoms with E-state index in [-0.39, 0.29) is 5.56 Å². The Morgan fingerprint density at radius 3 is 3.00 bits per heavy atom. The number of carboxylic acid groups (broad SMARTS) is 1. The second-order valence-electron chi connectivity index (χ2n) is 4.47. The molecule has 1 aromatic heterocycles. The first-order chi connectivity index (χ1) is 8.61. The summed E-state index contributed by atoms with van der Waals surface area (Å²) in [5.74, 6) is 0.756. The van der Waals surface area contributed by atoms with Gasteiger partial charge in [-0.2, -0.15) is 11.8 Å². The van der Waals surface area contributed by atoms with Gasteiger partial charge in [0, 0.05) is 6.54 Å². The Labute approximate surface area is 110 Å². The number of rotatable bonds is 5. The van der Waals surface area contributed by atoms with Crippen LogP contribution in [0.15, 0.2) is 24.5 Å². The maximum atomic E-state index is 10.9. The first-order valence-corrected chi connectivity index (χ1v) is 7.18. The van der Waals surface area contributed by atoms with Crippen molar-refractivity contribution in [3.8, 4) is 0 Å². The Morgan fingerprint density at radius 2 is 2.33 bits per heavy atom. The van der Waals surface area contributed by atoms with Gasteiger partial charge in [-0.15, -0.1) is 0 Å². The molecule has 0 amide bonds. The molecule has 1 N–H and O–H groups in total. The Balaban J connectivity index is 2.28. The maximum Gasteiger partial charge on any atom is 0.335 e. The quantitative estimate of drug-likeness (QED) is 0.902. The van der Waals surface area contributed by atoms with E-state index in [1.165, 1.54) is 0 Å². The molecule has 0 fully saturated rings. The molecular formula is C13H16N2O2S. The summed E-state index contributed by atoms with van der Waals surface area (Å²) >= 11 is 1.83. The first-order valence-electron chi connectivity index (χ1n) is 5.79. The summed E-state index contributed by atoms with van der Waals surface area (Å²) < 4.78 is 2.09. The zero-order valence-corrected chi connectivity index (χ0v) is 11.3. The van der Waals surface area contributed by atoms with Gasteiger partial charge in [0.15, 0.2) is 0 Å². The lowest BCUT2D eigenvalue weighted by atomic mass is 10.2. The number of hydrogen-bond acceptors (Lipinski definition) is 3. The lowest BCUT2D eigenvalue weighted by Gasteiger charge is -2.11. The van der Waals surface area contributed by atoms with E-state index in [1.807, 2.05) is 17.8 Å². The van der Waals surface area contributed by atoms with Crippen molar-refractivity contribution in [2.75, 3.05) is 12.0 Å². The molecule has 0 bridgehead atoms. The molecule has 2 rings (SSSR count). The largest absolute Gasteiger partial charge is 0.478 e. The summed E-state index contributed by atoms with van der Waals surface area (Å²) in [4.78, 5) is 15.1. The van der Waals surface area contributed by atoms with Crippen LogP contribution in [-0.2, 0) is 6.54 Å². The summed E-state index contributed by atoms with van der Waals surface area (Å²) in [6, 6.07) is 5.08. The number of thioether (sulfide) groups is 1. The van der Waals surface area contributed by atoms with Crippen molar-refractivity contribution in [1.82, 2.24) is 9.55 Å². The van der Waals surface area contributed by atoms with Crippen molar-refractivity contribution in [2.24, 2.45) is 5.92 Å². The number of aromatic nitrogens is 2. The molecule has 0 saturated heterocycles. The molecular weight excluding hydrogens is 248 g/mol. The van der Waals surface area contributed by atoms with Gasteiger partial charge in [-0.3, -0.25) is 0 Å². The van der Waals surface area contributed by atoms with Crippen LogP contribution in [0.4, 0.5) is 0 Å². The van der Waals surface area contributed by atoms with Crippen molar-refractivity contribution in [1.29, 1.82) is 0 Å². The average Bonchev–Trinajstić information content (AvgIpc) is 2.72. The lowest BCUT2D eigenvalue weighted by molar-refractivity contribution is 0.0697. The number of nitrogens with zero attached hydrogens (tertiary/aromatic N) is 2. The number of benzene rings is 1. The van der Waals surface area contributed by atoms with Gasteiger partial charge in [-0.1, -0.05) is 6.92 Å². The van der Waals surface area contributed by atoms with Crippen LogP contribution < -0.4 is 0 Å². The first kappa shape index (κ1) is 13.0. The molecule has 18 heavy (non-hydrogen) atoms. The lowest BCUT2D eigenvalue weighted by Crippen LogP contribution is -2.08. The van der Waals surface area contributed by atoms with Crippen LogP contribution >= 0.6 is 11.8 Å². The van der Waals surface area contributed by atoms with Crippen LogP contribution in [0.5, 0.6) is 0 Å². The van der Waals surface area contributed by atoms with Gasteiger partial charge < -0.3 is 9.67 Å². The Morgan fingerprint density at radius 1 is 1.56 bits per heavy atom. The summed E-state index contributed by atoms with van der Waals surface area (Å²) in [7, 11) is 0. The van der Waals surface area contributed by atoms with Gasteiger partial charge in [0.2, 0.25) is 0 Å². The topological polar surface area (TPSA) is 55.1 Å². The maximum absolute atomic E-state index is 10.9. The van der Waals surface area contributed by atoms with E-state index in [0.717, 1.165) is 23.3 Å². The Hall–Kier alpha value is -1.49. The zero-order valence-electron chi connectivity index (χ0n) is 10.5. The summed E-state index contributed by atoms with van der Waals surface area (Å²) in [6.45, 7) is 3.11. The standard InChI is InChI=1S/C13H16N2O2S/c1-9(7-18-2)6-15-8-14-11-5-10(13(16)17)3-4-12(11)15/h3-5,8-9H,6-7H2,1-2H3,(H,16,17). The minimum atomic E-state index is -0.915. The molecule has 0 aliphatic heterocycles. The Kier molecular flexibility index (Phi) is 3.91. The third-order valence-corrected chi connectivity index (χ3v) is 3.73. The van der Waals surface area contributed by atoms with Crippen molar-refractivity contribution in [2.45, 2.75) is 13.5 Å². The fourth-order valence-electron chi connectivity index (χ4n) is 2.02. The number of fused-ring (bicyclic) bond motifs is 1. The molecule has 5 heteroatoms. The van der Waals surface area contributed by atoms with Crippen LogP contribution in [0.1, 0.15) is 17.3 Å². The number of carboxylic acids is 1. The number of carbonyl (C=O) groups is 1. The molecule has 1 heterocycles. The molecule has 0 radical (unpaired) electrons. The SMILES string of the molecule is CSCC(C)Cn1cnc2cc(C(=O)O)ccc21. The molecule has 96 valence electrons. The third kappa shape index (κ3) is 2.67. The molecule has 4 nitrogen and oxygen atoms in total. The molecule has 2 aromatic rings. The predicted octanol–water partition coefficient (Wildman–Crippen LogP) is 2.73. The van der Waals surface area contributed by atoms with Crippen LogP contribution in [0.2, 0.25) is 0 Å². The van der Waals surface area contributed by atoms with Crippen LogP contribution in [0.3, 0.4) is 0 Å². The fourth-order valence-corrected chi connectivity index (χ4v) is 2.69. The van der Waals surface area contributed by atoms with E-state index < -0.39 is 5.97 Å². The average molecular weight is 264 g/mol. The predicted molar refractivity (Wildman–Crippen MR) is 74.2 cm³/mol. The van der Waals surface area contributed by atoms with E-state index in [2.05, 4.69) is 22.7 Å². The van der Waals surface area contributed by atoms with Crippen molar-refractivity contribution >= 4 is 28.8 Å². The van der Waals surface area contributed by atoms with E-state index in [1.54, 1.807) is 18.5 Å². The molecule has 0 aliphatic rings. The number of imidazole rings is 1. The molecule has 1 aromatic carbocycles. The highest BCUT2D eigenvalue weighted by molar-refractivity contribution is 7.98. The summed E-state index contributed by atoms with van der Waals surface area (Å²) in [5.41, 5.74) is 2.02. The second kappa shape index (κ2) is 5.44. The third-order valence-electron chi connectivity index (χ3n) is 2.83. The smallest absolute Gasteiger partial charge is 0.335 e. The van der Waals surface area contributed by atoms with Gasteiger partial charge in [-0.25, -0.2) is 9.78 Å². The van der Waals surface area contributed by atoms with Gasteiger partial charge in [-0.05, 0) is 36.1 Å². The summed E-state index contributed by atoms with van der Waals surface area (Å²) in [6.07, 6.45) is 3.88. The van der Waals surface area contributed by atoms with Crippen molar-refractivity contribution in [3.63, 3.8) is 0 Å². The van der Waals surface area contributed by atoms with E-state index in [4.69, 9.17) is 5.11 Å². The molecule has 1 unspecified atom stereocenters. The van der Waals surface area contributed by atoms with Gasteiger partial charge in [0.25, 0.3) is 0 Å². The van der Waals surface area contributed by atoms with Crippen molar-refractivity contribution < 1.29 is 9.90 Å². The second-order valence-corrected chi connectivity index (χ2v) is 5.38. The van der Waals surface area contributed by atoms with Crippen LogP contribution in [0.25, 0.3) is 11.0 Å². The highest BCUT2D eigenvalue weighted by Crippen LogP contribution is 2.17. The fraction of sp³-hybridized carbons (Fsp3) is 0.385.